The SMILES string of the molecule is O=C(O)COCCNC(=O)OCc1ccnc(C(=O)N[C@@H]2CCC[C@H](Nc3nc(-c4c[nH]c5ncc(F)cc45)ncc3F)C2)c1. The molecule has 0 bridgehead atoms. The first-order valence-electron chi connectivity index (χ1n) is 14.1. The lowest BCUT2D eigenvalue weighted by Gasteiger charge is -2.30. The first-order chi connectivity index (χ1) is 21.7. The summed E-state index contributed by atoms with van der Waals surface area (Å²) in [4.78, 5) is 54.8. The Balaban J connectivity index is 1.14. The molecule has 2 amide bonds. The number of ether oxygens (including phenoxy) is 2. The molecule has 5 N–H and O–H groups in total. The van der Waals surface area contributed by atoms with Gasteiger partial charge in [0.15, 0.2) is 17.5 Å². The fraction of sp³-hybridized carbons (Fsp3) is 0.345. The molecule has 0 aromatic carbocycles. The zero-order valence-electron chi connectivity index (χ0n) is 23.9. The lowest BCUT2D eigenvalue weighted by atomic mass is 9.91. The van der Waals surface area contributed by atoms with Crippen molar-refractivity contribution in [2.45, 2.75) is 44.4 Å². The highest BCUT2D eigenvalue weighted by molar-refractivity contribution is 5.93. The molecule has 0 aliphatic heterocycles. The molecule has 0 spiro atoms. The number of hydrogen-bond acceptors (Lipinski definition) is 10. The quantitative estimate of drug-likeness (QED) is 0.145. The number of carboxylic acids is 1. The molecule has 45 heavy (non-hydrogen) atoms. The smallest absolute Gasteiger partial charge is 0.407 e. The number of carboxylic acid groups (broad SMARTS) is 1. The Hall–Kier alpha value is -5.25. The van der Waals surface area contributed by atoms with Gasteiger partial charge in [0.1, 0.15) is 30.4 Å². The molecule has 1 aliphatic carbocycles. The third-order valence-electron chi connectivity index (χ3n) is 7.00. The Morgan fingerprint density at radius 2 is 1.93 bits per heavy atom. The molecule has 14 nitrogen and oxygen atoms in total. The summed E-state index contributed by atoms with van der Waals surface area (Å²) < 4.78 is 38.5. The van der Waals surface area contributed by atoms with E-state index in [1.807, 2.05) is 0 Å². The van der Waals surface area contributed by atoms with Gasteiger partial charge in [-0.05, 0) is 49.4 Å². The highest BCUT2D eigenvalue weighted by atomic mass is 19.1. The Bertz CT molecular complexity index is 1690. The van der Waals surface area contributed by atoms with Crippen LogP contribution in [0.25, 0.3) is 22.4 Å². The number of amides is 2. The van der Waals surface area contributed by atoms with E-state index in [4.69, 9.17) is 14.6 Å². The lowest BCUT2D eigenvalue weighted by Crippen LogP contribution is -2.42. The number of hydrogen-bond donors (Lipinski definition) is 5. The number of anilines is 1. The number of fused-ring (bicyclic) bond motifs is 1. The van der Waals surface area contributed by atoms with Gasteiger partial charge in [0.2, 0.25) is 0 Å². The lowest BCUT2D eigenvalue weighted by molar-refractivity contribution is -0.142. The first kappa shape index (κ1) is 31.2. The van der Waals surface area contributed by atoms with Crippen LogP contribution in [-0.2, 0) is 20.9 Å². The Morgan fingerprint density at radius 3 is 2.78 bits per heavy atom. The summed E-state index contributed by atoms with van der Waals surface area (Å²) >= 11 is 0. The second-order valence-electron chi connectivity index (χ2n) is 10.3. The molecule has 4 heterocycles. The van der Waals surface area contributed by atoms with Crippen LogP contribution in [-0.4, -0.2) is 79.8 Å². The average molecular weight is 625 g/mol. The summed E-state index contributed by atoms with van der Waals surface area (Å²) in [5, 5.41) is 17.5. The van der Waals surface area contributed by atoms with Crippen molar-refractivity contribution in [1.29, 1.82) is 0 Å². The number of alkyl carbamates (subject to hydrolysis) is 1. The number of aliphatic carboxylic acids is 1. The van der Waals surface area contributed by atoms with Crippen molar-refractivity contribution >= 4 is 34.8 Å². The van der Waals surface area contributed by atoms with Crippen molar-refractivity contribution in [3.63, 3.8) is 0 Å². The van der Waals surface area contributed by atoms with Gasteiger partial charge in [-0.25, -0.2) is 33.3 Å². The van der Waals surface area contributed by atoms with E-state index in [9.17, 15) is 23.2 Å². The van der Waals surface area contributed by atoms with Crippen LogP contribution < -0.4 is 16.0 Å². The van der Waals surface area contributed by atoms with Crippen LogP contribution >= 0.6 is 0 Å². The Morgan fingerprint density at radius 1 is 1.09 bits per heavy atom. The number of pyridine rings is 2. The third-order valence-corrected chi connectivity index (χ3v) is 7.00. The van der Waals surface area contributed by atoms with Crippen LogP contribution in [0.5, 0.6) is 0 Å². The van der Waals surface area contributed by atoms with Crippen molar-refractivity contribution in [2.75, 3.05) is 25.1 Å². The largest absolute Gasteiger partial charge is 0.480 e. The van der Waals surface area contributed by atoms with Crippen LogP contribution in [0.15, 0.2) is 43.0 Å². The van der Waals surface area contributed by atoms with Crippen molar-refractivity contribution in [2.24, 2.45) is 0 Å². The van der Waals surface area contributed by atoms with Gasteiger partial charge in [-0.1, -0.05) is 0 Å². The van der Waals surface area contributed by atoms with Gasteiger partial charge in [0, 0.05) is 42.0 Å². The number of carbonyl (C=O) groups excluding carboxylic acids is 2. The highest BCUT2D eigenvalue weighted by Crippen LogP contribution is 2.28. The number of halogens is 2. The van der Waals surface area contributed by atoms with Crippen LogP contribution in [0, 0.1) is 11.6 Å². The van der Waals surface area contributed by atoms with Gasteiger partial charge in [-0.3, -0.25) is 9.78 Å². The van der Waals surface area contributed by atoms with E-state index in [1.165, 1.54) is 18.3 Å². The minimum absolute atomic E-state index is 0.00174. The third kappa shape index (κ3) is 8.44. The molecular formula is C29H30F2N8O6. The monoisotopic (exact) mass is 624 g/mol. The Labute approximate surface area is 255 Å². The summed E-state index contributed by atoms with van der Waals surface area (Å²) in [5.41, 5.74) is 1.62. The fourth-order valence-corrected chi connectivity index (χ4v) is 4.94. The summed E-state index contributed by atoms with van der Waals surface area (Å²) in [6.45, 7) is -0.496. The normalized spacial score (nSPS) is 16.2. The average Bonchev–Trinajstić information content (AvgIpc) is 3.44. The minimum atomic E-state index is -1.11. The second-order valence-corrected chi connectivity index (χ2v) is 10.3. The van der Waals surface area contributed by atoms with Gasteiger partial charge in [0.25, 0.3) is 5.91 Å². The van der Waals surface area contributed by atoms with Crippen LogP contribution in [0.4, 0.5) is 19.4 Å². The predicted octanol–water partition coefficient (Wildman–Crippen LogP) is 3.17. The van der Waals surface area contributed by atoms with E-state index in [2.05, 4.69) is 40.9 Å². The van der Waals surface area contributed by atoms with Gasteiger partial charge in [-0.2, -0.15) is 0 Å². The second kappa shape index (κ2) is 14.5. The minimum Gasteiger partial charge on any atom is -0.480 e. The van der Waals surface area contributed by atoms with E-state index in [1.54, 1.807) is 12.3 Å². The van der Waals surface area contributed by atoms with Crippen LogP contribution in [0.1, 0.15) is 41.7 Å². The zero-order valence-corrected chi connectivity index (χ0v) is 23.9. The van der Waals surface area contributed by atoms with Crippen molar-refractivity contribution < 1.29 is 37.7 Å². The molecular weight excluding hydrogens is 594 g/mol. The van der Waals surface area contributed by atoms with E-state index in [-0.39, 0.29) is 49.2 Å². The van der Waals surface area contributed by atoms with Gasteiger partial charge >= 0.3 is 12.1 Å². The molecule has 4 aromatic heterocycles. The molecule has 1 saturated carbocycles. The summed E-state index contributed by atoms with van der Waals surface area (Å²) in [5.74, 6) is -2.47. The van der Waals surface area contributed by atoms with E-state index in [0.717, 1.165) is 25.2 Å². The maximum atomic E-state index is 14.7. The molecule has 2 atom stereocenters. The van der Waals surface area contributed by atoms with Gasteiger partial charge < -0.3 is 35.5 Å². The molecule has 5 rings (SSSR count). The molecule has 16 heteroatoms. The van der Waals surface area contributed by atoms with E-state index < -0.39 is 36.2 Å². The number of carbonyl (C=O) groups is 3. The zero-order chi connectivity index (χ0) is 31.8. The maximum absolute atomic E-state index is 14.7. The number of aromatic amines is 1. The summed E-state index contributed by atoms with van der Waals surface area (Å²) in [6.07, 6.45) is 7.17. The van der Waals surface area contributed by atoms with Crippen molar-refractivity contribution in [3.8, 4) is 11.4 Å². The first-order valence-corrected chi connectivity index (χ1v) is 14.1. The fourth-order valence-electron chi connectivity index (χ4n) is 4.94. The van der Waals surface area contributed by atoms with Crippen LogP contribution in [0.3, 0.4) is 0 Å². The van der Waals surface area contributed by atoms with Crippen LogP contribution in [0.2, 0.25) is 0 Å². The topological polar surface area (TPSA) is 193 Å². The van der Waals surface area contributed by atoms with Crippen molar-refractivity contribution in [1.82, 2.24) is 35.6 Å². The van der Waals surface area contributed by atoms with Gasteiger partial charge in [0.05, 0.1) is 19.0 Å². The summed E-state index contributed by atoms with van der Waals surface area (Å²) in [6, 6.07) is 4.02. The highest BCUT2D eigenvalue weighted by Gasteiger charge is 2.26. The number of aromatic nitrogens is 5. The number of nitrogens with one attached hydrogen (secondary N) is 4. The van der Waals surface area contributed by atoms with Crippen molar-refractivity contribution in [3.05, 3.63) is 65.9 Å². The molecule has 0 unspecified atom stereocenters. The summed E-state index contributed by atoms with van der Waals surface area (Å²) in [7, 11) is 0. The predicted molar refractivity (Wildman–Crippen MR) is 155 cm³/mol. The van der Waals surface area contributed by atoms with E-state index in [0.29, 0.717) is 35.0 Å². The maximum Gasteiger partial charge on any atom is 0.407 e. The van der Waals surface area contributed by atoms with Gasteiger partial charge in [-0.15, -0.1) is 0 Å². The van der Waals surface area contributed by atoms with E-state index >= 15 is 0 Å². The molecule has 4 aromatic rings. The standard InChI is InChI=1S/C29H30F2N8O6/c30-17-9-20-21(12-35-25(20)34-11-17)26-36-13-22(31)27(39-26)37-18-2-1-3-19(10-18)38-28(42)23-8-16(4-5-32-23)14-45-29(43)33-6-7-44-15-24(40)41/h4-5,8-9,11-13,18-19H,1-3,6-7,10,14-15H2,(H,33,43)(H,34,35)(H,38,42)(H,40,41)(H,36,37,39)/t18-,19+/m0/s1. The number of rotatable bonds is 12. The number of nitrogens with zero attached hydrogens (tertiary/aromatic N) is 4. The number of H-pyrrole nitrogens is 1. The molecule has 1 fully saturated rings. The molecule has 236 valence electrons. The molecule has 0 radical (unpaired) electrons. The molecule has 0 saturated heterocycles. The molecule has 1 aliphatic rings. The Kier molecular flexibility index (Phi) is 10.0.